The van der Waals surface area contributed by atoms with E-state index in [4.69, 9.17) is 0 Å². The third-order valence-corrected chi connectivity index (χ3v) is 9.47. The lowest BCUT2D eigenvalue weighted by Crippen LogP contribution is -2.16. The average molecular weight is 475 g/mol. The summed E-state index contributed by atoms with van der Waals surface area (Å²) in [5.41, 5.74) is 0. The fraction of sp³-hybridized carbons (Fsp3) is 1.00. The Hall–Kier alpha value is 0. The Morgan fingerprint density at radius 3 is 0.412 bits per heavy atom. The van der Waals surface area contributed by atoms with Gasteiger partial charge in [-0.3, -0.25) is 0 Å². The number of rotatable bonds is 0. The zero-order chi connectivity index (χ0) is 23.8. The Morgan fingerprint density at radius 1 is 0.147 bits per heavy atom. The maximum Gasteiger partial charge on any atom is -0.0386 e. The van der Waals surface area contributed by atoms with Gasteiger partial charge in [0, 0.05) is 0 Å². The molecule has 0 aromatic rings. The minimum Gasteiger partial charge on any atom is -0.0533 e. The Morgan fingerprint density at radius 2 is 0.265 bits per heavy atom. The summed E-state index contributed by atoms with van der Waals surface area (Å²) in [5, 5.41) is 0. The van der Waals surface area contributed by atoms with Crippen molar-refractivity contribution in [2.24, 2.45) is 11.8 Å². The van der Waals surface area contributed by atoms with Crippen LogP contribution in [0, 0.1) is 11.8 Å². The van der Waals surface area contributed by atoms with Crippen LogP contribution in [0.4, 0.5) is 0 Å². The van der Waals surface area contributed by atoms with Gasteiger partial charge in [0.25, 0.3) is 0 Å². The highest BCUT2D eigenvalue weighted by atomic mass is 14.3. The van der Waals surface area contributed by atoms with E-state index in [1.807, 2.05) is 0 Å². The molecule has 0 aliphatic heterocycles. The van der Waals surface area contributed by atoms with Crippen LogP contribution < -0.4 is 0 Å². The fourth-order valence-corrected chi connectivity index (χ4v) is 7.10. The summed E-state index contributed by atoms with van der Waals surface area (Å²) in [5.74, 6) is 2.11. The van der Waals surface area contributed by atoms with Crippen LogP contribution in [0.1, 0.15) is 205 Å². The van der Waals surface area contributed by atoms with Crippen LogP contribution in [0.15, 0.2) is 0 Å². The zero-order valence-electron chi connectivity index (χ0n) is 23.8. The minimum absolute atomic E-state index is 1.05. The topological polar surface area (TPSA) is 0 Å². The molecule has 0 aromatic heterocycles. The molecular formula is C34H66. The van der Waals surface area contributed by atoms with Gasteiger partial charge in [-0.1, -0.05) is 205 Å². The van der Waals surface area contributed by atoms with Crippen molar-refractivity contribution in [3.8, 4) is 0 Å². The second-order valence-corrected chi connectivity index (χ2v) is 12.6. The van der Waals surface area contributed by atoms with Crippen LogP contribution >= 0.6 is 0 Å². The molecule has 2 unspecified atom stereocenters. The standard InChI is InChI=1S/C34H66/c1-2-5-9-13-17-21-25-29-33-31-27-23-19-15-11-7-4-8-12-16-20-24-28-32-34(33)30-26-22-18-14-10-6-3-1/h33-34H,1-32H2. The first kappa shape index (κ1) is 30.2. The van der Waals surface area contributed by atoms with Gasteiger partial charge >= 0.3 is 0 Å². The highest BCUT2D eigenvalue weighted by Gasteiger charge is 2.20. The van der Waals surface area contributed by atoms with Crippen molar-refractivity contribution < 1.29 is 0 Å². The third kappa shape index (κ3) is 17.4. The van der Waals surface area contributed by atoms with E-state index in [9.17, 15) is 0 Å². The summed E-state index contributed by atoms with van der Waals surface area (Å²) >= 11 is 0. The van der Waals surface area contributed by atoms with Crippen molar-refractivity contribution in [1.82, 2.24) is 0 Å². The zero-order valence-corrected chi connectivity index (χ0v) is 23.8. The van der Waals surface area contributed by atoms with Crippen molar-refractivity contribution in [2.75, 3.05) is 0 Å². The lowest BCUT2D eigenvalue weighted by Gasteiger charge is -2.28. The Balaban J connectivity index is 1.86. The molecule has 2 aliphatic rings. The van der Waals surface area contributed by atoms with Gasteiger partial charge < -0.3 is 0 Å². The molecule has 2 atom stereocenters. The first-order valence-electron chi connectivity index (χ1n) is 17.0. The van der Waals surface area contributed by atoms with Crippen LogP contribution in [0.5, 0.6) is 0 Å². The van der Waals surface area contributed by atoms with Gasteiger partial charge in [-0.05, 0) is 11.8 Å². The van der Waals surface area contributed by atoms with Gasteiger partial charge in [0.1, 0.15) is 0 Å². The van der Waals surface area contributed by atoms with Crippen LogP contribution in [0.25, 0.3) is 0 Å². The van der Waals surface area contributed by atoms with E-state index in [2.05, 4.69) is 0 Å². The first-order valence-corrected chi connectivity index (χ1v) is 17.0. The van der Waals surface area contributed by atoms with Crippen molar-refractivity contribution in [2.45, 2.75) is 205 Å². The normalized spacial score (nSPS) is 28.9. The summed E-state index contributed by atoms with van der Waals surface area (Å²) < 4.78 is 0. The monoisotopic (exact) mass is 475 g/mol. The summed E-state index contributed by atoms with van der Waals surface area (Å²) in [7, 11) is 0. The maximum absolute atomic E-state index is 1.56. The summed E-state index contributed by atoms with van der Waals surface area (Å²) in [6.45, 7) is 0. The van der Waals surface area contributed by atoms with Crippen molar-refractivity contribution in [1.29, 1.82) is 0 Å². The van der Waals surface area contributed by atoms with Crippen LogP contribution in [0.2, 0.25) is 0 Å². The highest BCUT2D eigenvalue weighted by molar-refractivity contribution is 4.72. The van der Waals surface area contributed by atoms with E-state index < -0.39 is 0 Å². The minimum atomic E-state index is 1.05. The predicted octanol–water partition coefficient (Wildman–Crippen LogP) is 12.7. The maximum atomic E-state index is 1.56. The quantitative estimate of drug-likeness (QED) is 0.327. The molecule has 0 heteroatoms. The van der Waals surface area contributed by atoms with E-state index >= 15 is 0 Å². The largest absolute Gasteiger partial charge is 0.0533 e. The molecule has 0 aromatic carbocycles. The van der Waals surface area contributed by atoms with Gasteiger partial charge in [-0.2, -0.15) is 0 Å². The molecule has 2 saturated carbocycles. The average Bonchev–Trinajstić information content (AvgIpc) is 2.85. The summed E-state index contributed by atoms with van der Waals surface area (Å²) in [6, 6.07) is 0. The summed E-state index contributed by atoms with van der Waals surface area (Å²) in [6.07, 6.45) is 48.6. The van der Waals surface area contributed by atoms with E-state index in [0.717, 1.165) is 11.8 Å². The molecule has 2 aliphatic carbocycles. The predicted molar refractivity (Wildman–Crippen MR) is 155 cm³/mol. The number of hydrogen-bond acceptors (Lipinski definition) is 0. The van der Waals surface area contributed by atoms with Gasteiger partial charge in [0.2, 0.25) is 0 Å². The molecule has 0 radical (unpaired) electrons. The lowest BCUT2D eigenvalue weighted by molar-refractivity contribution is 0.236. The SMILES string of the molecule is C1CCCCCCCCC2CCCCCCCCCCCCCCCC2CCCCCCCC1. The van der Waals surface area contributed by atoms with Crippen LogP contribution in [-0.4, -0.2) is 0 Å². The molecule has 2 fully saturated rings. The van der Waals surface area contributed by atoms with E-state index in [-0.39, 0.29) is 0 Å². The van der Waals surface area contributed by atoms with Gasteiger partial charge in [-0.25, -0.2) is 0 Å². The van der Waals surface area contributed by atoms with Gasteiger partial charge in [0.05, 0.1) is 0 Å². The molecular weight excluding hydrogens is 408 g/mol. The molecule has 0 heterocycles. The molecule has 0 bridgehead atoms. The van der Waals surface area contributed by atoms with Crippen molar-refractivity contribution in [3.63, 3.8) is 0 Å². The third-order valence-electron chi connectivity index (χ3n) is 9.47. The van der Waals surface area contributed by atoms with E-state index in [1.54, 1.807) is 25.7 Å². The van der Waals surface area contributed by atoms with Crippen molar-refractivity contribution in [3.05, 3.63) is 0 Å². The summed E-state index contributed by atoms with van der Waals surface area (Å²) in [4.78, 5) is 0. The molecule has 202 valence electrons. The fourth-order valence-electron chi connectivity index (χ4n) is 7.10. The van der Waals surface area contributed by atoms with E-state index in [0.29, 0.717) is 0 Å². The number of hydrogen-bond donors (Lipinski definition) is 0. The van der Waals surface area contributed by atoms with Gasteiger partial charge in [0.15, 0.2) is 0 Å². The van der Waals surface area contributed by atoms with Crippen molar-refractivity contribution >= 4 is 0 Å². The lowest BCUT2D eigenvalue weighted by atomic mass is 9.78. The van der Waals surface area contributed by atoms with Crippen LogP contribution in [0.3, 0.4) is 0 Å². The van der Waals surface area contributed by atoms with E-state index in [1.165, 1.54) is 180 Å². The molecule has 34 heavy (non-hydrogen) atoms. The Bertz CT molecular complexity index is 363. The highest BCUT2D eigenvalue weighted by Crippen LogP contribution is 2.34. The second kappa shape index (κ2) is 23.4. The Kier molecular flexibility index (Phi) is 20.8. The first-order chi connectivity index (χ1) is 17.0. The molecule has 0 nitrogen and oxygen atoms in total. The Labute approximate surface area is 217 Å². The second-order valence-electron chi connectivity index (χ2n) is 12.6. The molecule has 0 amide bonds. The number of fused-ring (bicyclic) bond motifs is 1. The van der Waals surface area contributed by atoms with Gasteiger partial charge in [-0.15, -0.1) is 0 Å². The molecule has 0 saturated heterocycles. The molecule has 0 spiro atoms. The molecule has 2 rings (SSSR count). The van der Waals surface area contributed by atoms with Crippen LogP contribution in [-0.2, 0) is 0 Å². The molecule has 0 N–H and O–H groups in total. The smallest absolute Gasteiger partial charge is 0.0386 e.